The number of benzene rings is 1. The molecule has 16 heavy (non-hydrogen) atoms. The van der Waals surface area contributed by atoms with E-state index in [1.165, 1.54) is 6.07 Å². The van der Waals surface area contributed by atoms with Gasteiger partial charge in [-0.25, -0.2) is 8.78 Å². The van der Waals surface area contributed by atoms with Gasteiger partial charge in [0, 0.05) is 16.4 Å². The second-order valence-corrected chi connectivity index (χ2v) is 5.26. The Kier molecular flexibility index (Phi) is 4.55. The van der Waals surface area contributed by atoms with Crippen LogP contribution in [0.25, 0.3) is 0 Å². The third-order valence-corrected chi connectivity index (χ3v) is 3.52. The molecule has 0 saturated heterocycles. The molecule has 0 bridgehead atoms. The summed E-state index contributed by atoms with van der Waals surface area (Å²) in [5.74, 6) is -4.04. The SMILES string of the molecule is O=C(O)CS(=O)Cc1c(F)ccc(Br)c1F. The first-order valence-electron chi connectivity index (χ1n) is 4.11. The van der Waals surface area contributed by atoms with Crippen LogP contribution in [0.3, 0.4) is 0 Å². The van der Waals surface area contributed by atoms with E-state index in [0.29, 0.717) is 0 Å². The average Bonchev–Trinajstić information content (AvgIpc) is 2.17. The van der Waals surface area contributed by atoms with E-state index in [9.17, 15) is 17.8 Å². The van der Waals surface area contributed by atoms with Crippen molar-refractivity contribution in [1.29, 1.82) is 0 Å². The lowest BCUT2D eigenvalue weighted by atomic mass is 10.2. The molecule has 7 heteroatoms. The van der Waals surface area contributed by atoms with E-state index in [1.807, 2.05) is 0 Å². The zero-order valence-corrected chi connectivity index (χ0v) is 10.3. The van der Waals surface area contributed by atoms with Gasteiger partial charge in [0.15, 0.2) is 0 Å². The molecule has 88 valence electrons. The van der Waals surface area contributed by atoms with Gasteiger partial charge in [-0.3, -0.25) is 9.00 Å². The molecule has 1 atom stereocenters. The van der Waals surface area contributed by atoms with E-state index in [4.69, 9.17) is 5.11 Å². The van der Waals surface area contributed by atoms with Gasteiger partial charge in [-0.1, -0.05) is 0 Å². The number of carbonyl (C=O) groups is 1. The Morgan fingerprint density at radius 1 is 1.44 bits per heavy atom. The summed E-state index contributed by atoms with van der Waals surface area (Å²) in [5.41, 5.74) is -0.367. The smallest absolute Gasteiger partial charge is 0.316 e. The Balaban J connectivity index is 2.93. The minimum atomic E-state index is -1.83. The molecule has 0 aromatic heterocycles. The van der Waals surface area contributed by atoms with E-state index < -0.39 is 39.9 Å². The molecule has 0 amide bonds. The van der Waals surface area contributed by atoms with Crippen LogP contribution in [0.4, 0.5) is 8.78 Å². The number of rotatable bonds is 4. The molecule has 1 N–H and O–H groups in total. The maximum absolute atomic E-state index is 13.4. The largest absolute Gasteiger partial charge is 0.481 e. The zero-order chi connectivity index (χ0) is 12.3. The van der Waals surface area contributed by atoms with Gasteiger partial charge in [0.25, 0.3) is 0 Å². The first kappa shape index (κ1) is 13.2. The first-order chi connectivity index (χ1) is 7.41. The van der Waals surface area contributed by atoms with Crippen molar-refractivity contribution in [3.05, 3.63) is 33.8 Å². The van der Waals surface area contributed by atoms with Crippen molar-refractivity contribution in [2.24, 2.45) is 0 Å². The highest BCUT2D eigenvalue weighted by Crippen LogP contribution is 2.22. The molecule has 0 spiro atoms. The number of hydrogen-bond acceptors (Lipinski definition) is 2. The van der Waals surface area contributed by atoms with Crippen LogP contribution in [0.1, 0.15) is 5.56 Å². The minimum absolute atomic E-state index is 0.0521. The average molecular weight is 313 g/mol. The predicted molar refractivity (Wildman–Crippen MR) is 58.4 cm³/mol. The predicted octanol–water partition coefficient (Wildman–Crippen LogP) is 2.06. The highest BCUT2D eigenvalue weighted by atomic mass is 79.9. The summed E-state index contributed by atoms with van der Waals surface area (Å²) in [4.78, 5) is 10.2. The quantitative estimate of drug-likeness (QED) is 0.866. The number of halogens is 3. The molecule has 0 fully saturated rings. The molecule has 0 aliphatic carbocycles. The number of aliphatic carboxylic acids is 1. The molecule has 0 heterocycles. The first-order valence-corrected chi connectivity index (χ1v) is 6.39. The van der Waals surface area contributed by atoms with Crippen LogP contribution in [0.2, 0.25) is 0 Å². The van der Waals surface area contributed by atoms with Gasteiger partial charge in [-0.05, 0) is 28.1 Å². The van der Waals surface area contributed by atoms with Crippen molar-refractivity contribution in [2.45, 2.75) is 5.75 Å². The third-order valence-electron chi connectivity index (χ3n) is 1.73. The van der Waals surface area contributed by atoms with Gasteiger partial charge in [-0.2, -0.15) is 0 Å². The van der Waals surface area contributed by atoms with Gasteiger partial charge in [0.05, 0.1) is 10.2 Å². The van der Waals surface area contributed by atoms with Crippen LogP contribution in [0.5, 0.6) is 0 Å². The van der Waals surface area contributed by atoms with E-state index in [1.54, 1.807) is 0 Å². The van der Waals surface area contributed by atoms with Crippen LogP contribution in [0.15, 0.2) is 16.6 Å². The zero-order valence-electron chi connectivity index (χ0n) is 7.87. The molecule has 0 aliphatic rings. The Bertz CT molecular complexity index is 451. The van der Waals surface area contributed by atoms with Gasteiger partial charge in [-0.15, -0.1) is 0 Å². The van der Waals surface area contributed by atoms with E-state index in [-0.39, 0.29) is 10.0 Å². The molecular weight excluding hydrogens is 306 g/mol. The Morgan fingerprint density at radius 3 is 2.62 bits per heavy atom. The number of carboxylic acid groups (broad SMARTS) is 1. The topological polar surface area (TPSA) is 54.4 Å². The summed E-state index contributed by atoms with van der Waals surface area (Å²) in [6.07, 6.45) is 0. The summed E-state index contributed by atoms with van der Waals surface area (Å²) in [6.45, 7) is 0. The van der Waals surface area contributed by atoms with Crippen molar-refractivity contribution in [2.75, 3.05) is 5.75 Å². The van der Waals surface area contributed by atoms with Crippen molar-refractivity contribution >= 4 is 32.7 Å². The molecule has 1 aromatic rings. The normalized spacial score (nSPS) is 12.4. The van der Waals surface area contributed by atoms with E-state index >= 15 is 0 Å². The molecule has 1 unspecified atom stereocenters. The van der Waals surface area contributed by atoms with Crippen molar-refractivity contribution < 1.29 is 22.9 Å². The lowest BCUT2D eigenvalue weighted by Gasteiger charge is -2.05. The second kappa shape index (κ2) is 5.49. The molecule has 0 aliphatic heterocycles. The van der Waals surface area contributed by atoms with Crippen LogP contribution in [0, 0.1) is 11.6 Å². The second-order valence-electron chi connectivity index (χ2n) is 2.94. The fourth-order valence-corrected chi connectivity index (χ4v) is 2.39. The molecule has 0 saturated carbocycles. The monoisotopic (exact) mass is 312 g/mol. The van der Waals surface area contributed by atoms with Crippen LogP contribution in [-0.4, -0.2) is 21.0 Å². The Hall–Kier alpha value is -0.820. The molecule has 3 nitrogen and oxygen atoms in total. The summed E-state index contributed by atoms with van der Waals surface area (Å²) >= 11 is 2.86. The van der Waals surface area contributed by atoms with Crippen molar-refractivity contribution in [1.82, 2.24) is 0 Å². The minimum Gasteiger partial charge on any atom is -0.481 e. The fourth-order valence-electron chi connectivity index (χ4n) is 1.05. The maximum Gasteiger partial charge on any atom is 0.316 e. The molecular formula is C9H7BrF2O3S. The van der Waals surface area contributed by atoms with Crippen LogP contribution < -0.4 is 0 Å². The van der Waals surface area contributed by atoms with Gasteiger partial charge in [0.1, 0.15) is 17.4 Å². The van der Waals surface area contributed by atoms with E-state index in [2.05, 4.69) is 15.9 Å². The fraction of sp³-hybridized carbons (Fsp3) is 0.222. The maximum atomic E-state index is 13.4. The lowest BCUT2D eigenvalue weighted by molar-refractivity contribution is -0.133. The highest BCUT2D eigenvalue weighted by molar-refractivity contribution is 9.10. The van der Waals surface area contributed by atoms with Gasteiger partial charge >= 0.3 is 5.97 Å². The van der Waals surface area contributed by atoms with E-state index in [0.717, 1.165) is 6.07 Å². The summed E-state index contributed by atoms with van der Waals surface area (Å²) in [7, 11) is -1.83. The summed E-state index contributed by atoms with van der Waals surface area (Å²) in [6, 6.07) is 2.22. The molecule has 0 radical (unpaired) electrons. The van der Waals surface area contributed by atoms with Crippen LogP contribution in [-0.2, 0) is 21.3 Å². The Morgan fingerprint density at radius 2 is 2.06 bits per heavy atom. The highest BCUT2D eigenvalue weighted by Gasteiger charge is 2.16. The third kappa shape index (κ3) is 3.34. The summed E-state index contributed by atoms with van der Waals surface area (Å²) in [5, 5.41) is 8.37. The van der Waals surface area contributed by atoms with Crippen molar-refractivity contribution in [3.8, 4) is 0 Å². The van der Waals surface area contributed by atoms with Gasteiger partial charge < -0.3 is 5.11 Å². The number of hydrogen-bond donors (Lipinski definition) is 1. The standard InChI is InChI=1S/C9H7BrF2O3S/c10-6-1-2-7(11)5(9(6)12)3-16(15)4-8(13)14/h1-2H,3-4H2,(H,13,14). The van der Waals surface area contributed by atoms with Gasteiger partial charge in [0.2, 0.25) is 0 Å². The number of carboxylic acids is 1. The lowest BCUT2D eigenvalue weighted by Crippen LogP contribution is -2.12. The summed E-state index contributed by atoms with van der Waals surface area (Å²) < 4.78 is 37.8. The molecule has 1 aromatic carbocycles. The van der Waals surface area contributed by atoms with Crippen LogP contribution >= 0.6 is 15.9 Å². The molecule has 1 rings (SSSR count). The Labute approximate surface area is 101 Å². The van der Waals surface area contributed by atoms with Crippen molar-refractivity contribution in [3.63, 3.8) is 0 Å².